The van der Waals surface area contributed by atoms with Crippen LogP contribution in [0, 0.1) is 0 Å². The monoisotopic (exact) mass is 273 g/mol. The summed E-state index contributed by atoms with van der Waals surface area (Å²) in [5.41, 5.74) is 6.64. The Kier molecular flexibility index (Phi) is 4.57. The van der Waals surface area contributed by atoms with Crippen LogP contribution in [-0.2, 0) is 12.1 Å². The number of aryl methyl sites for hydroxylation is 1. The Balaban J connectivity index is 2.13. The lowest BCUT2D eigenvalue weighted by Crippen LogP contribution is -2.41. The molecule has 20 heavy (non-hydrogen) atoms. The Morgan fingerprint density at radius 3 is 2.60 bits per heavy atom. The van der Waals surface area contributed by atoms with Crippen LogP contribution in [0.15, 0.2) is 42.7 Å². The molecule has 4 heteroatoms. The fourth-order valence-electron chi connectivity index (χ4n) is 2.42. The van der Waals surface area contributed by atoms with E-state index in [1.54, 1.807) is 0 Å². The molecule has 1 heterocycles. The average Bonchev–Trinajstić information content (AvgIpc) is 2.94. The van der Waals surface area contributed by atoms with Gasteiger partial charge in [0.15, 0.2) is 0 Å². The number of rotatable bonds is 6. The first-order valence-electron chi connectivity index (χ1n) is 7.03. The average molecular weight is 273 g/mol. The van der Waals surface area contributed by atoms with E-state index in [1.807, 2.05) is 42.7 Å². The molecule has 0 amide bonds. The molecule has 0 aliphatic heterocycles. The minimum atomic E-state index is -0.709. The van der Waals surface area contributed by atoms with Crippen LogP contribution in [0.25, 0.3) is 0 Å². The lowest BCUT2D eigenvalue weighted by atomic mass is 9.88. The zero-order valence-corrected chi connectivity index (χ0v) is 12.2. The molecule has 0 radical (unpaired) electrons. The quantitative estimate of drug-likeness (QED) is 0.848. The van der Waals surface area contributed by atoms with E-state index in [4.69, 9.17) is 5.73 Å². The van der Waals surface area contributed by atoms with Crippen LogP contribution >= 0.6 is 0 Å². The summed E-state index contributed by atoms with van der Waals surface area (Å²) in [4.78, 5) is 4.37. The maximum atomic E-state index is 9.70. The normalized spacial score (nSPS) is 14.4. The number of hydrogen-bond acceptors (Lipinski definition) is 3. The van der Waals surface area contributed by atoms with Crippen LogP contribution in [0.5, 0.6) is 0 Å². The van der Waals surface area contributed by atoms with Crippen molar-refractivity contribution < 1.29 is 5.11 Å². The van der Waals surface area contributed by atoms with E-state index in [-0.39, 0.29) is 6.61 Å². The summed E-state index contributed by atoms with van der Waals surface area (Å²) in [6, 6.07) is 9.78. The Hall–Kier alpha value is -1.65. The number of hydrogen-bond donors (Lipinski definition) is 2. The second kappa shape index (κ2) is 6.20. The third kappa shape index (κ3) is 3.08. The van der Waals surface area contributed by atoms with Crippen molar-refractivity contribution in [2.24, 2.45) is 5.73 Å². The first-order chi connectivity index (χ1) is 9.57. The number of aliphatic hydroxyl groups excluding tert-OH is 1. The largest absolute Gasteiger partial charge is 0.394 e. The Bertz CT molecular complexity index is 536. The summed E-state index contributed by atoms with van der Waals surface area (Å²) >= 11 is 0. The van der Waals surface area contributed by atoms with E-state index in [0.29, 0.717) is 12.3 Å². The highest BCUT2D eigenvalue weighted by Gasteiger charge is 2.26. The van der Waals surface area contributed by atoms with Gasteiger partial charge in [0.1, 0.15) is 5.82 Å². The molecule has 0 bridgehead atoms. The van der Waals surface area contributed by atoms with Crippen LogP contribution in [0.1, 0.15) is 37.6 Å². The highest BCUT2D eigenvalue weighted by Crippen LogP contribution is 2.23. The van der Waals surface area contributed by atoms with E-state index < -0.39 is 5.54 Å². The minimum absolute atomic E-state index is 0.0667. The third-order valence-corrected chi connectivity index (χ3v) is 3.69. The molecule has 1 unspecified atom stereocenters. The molecule has 0 fully saturated rings. The molecule has 0 spiro atoms. The molecule has 1 atom stereocenters. The summed E-state index contributed by atoms with van der Waals surface area (Å²) in [6.07, 6.45) is 4.46. The molecular weight excluding hydrogens is 250 g/mol. The second-order valence-corrected chi connectivity index (χ2v) is 5.56. The number of imidazole rings is 1. The molecule has 0 aliphatic rings. The molecule has 0 saturated heterocycles. The van der Waals surface area contributed by atoms with E-state index in [1.165, 1.54) is 0 Å². The summed E-state index contributed by atoms with van der Waals surface area (Å²) in [6.45, 7) is 4.93. The lowest BCUT2D eigenvalue weighted by Gasteiger charge is -2.28. The molecule has 108 valence electrons. The predicted octanol–water partition coefficient (Wildman–Crippen LogP) is 2.24. The zero-order valence-electron chi connectivity index (χ0n) is 12.2. The fourth-order valence-corrected chi connectivity index (χ4v) is 2.42. The van der Waals surface area contributed by atoms with Gasteiger partial charge in [-0.2, -0.15) is 0 Å². The van der Waals surface area contributed by atoms with E-state index in [9.17, 15) is 5.11 Å². The third-order valence-electron chi connectivity index (χ3n) is 3.69. The van der Waals surface area contributed by atoms with Crippen LogP contribution in [0.2, 0.25) is 0 Å². The number of benzene rings is 1. The van der Waals surface area contributed by atoms with Crippen molar-refractivity contribution in [3.8, 4) is 0 Å². The van der Waals surface area contributed by atoms with Gasteiger partial charge in [-0.25, -0.2) is 4.98 Å². The predicted molar refractivity (Wildman–Crippen MR) is 80.3 cm³/mol. The van der Waals surface area contributed by atoms with Gasteiger partial charge in [-0.15, -0.1) is 0 Å². The van der Waals surface area contributed by atoms with E-state index in [2.05, 4.69) is 23.4 Å². The van der Waals surface area contributed by atoms with Gasteiger partial charge in [-0.05, 0) is 12.0 Å². The molecule has 3 N–H and O–H groups in total. The lowest BCUT2D eigenvalue weighted by molar-refractivity contribution is 0.182. The van der Waals surface area contributed by atoms with Crippen molar-refractivity contribution in [1.82, 2.24) is 9.55 Å². The van der Waals surface area contributed by atoms with Gasteiger partial charge in [0.05, 0.1) is 12.1 Å². The van der Waals surface area contributed by atoms with Crippen molar-refractivity contribution >= 4 is 0 Å². The highest BCUT2D eigenvalue weighted by molar-refractivity contribution is 5.24. The maximum absolute atomic E-state index is 9.70. The molecule has 1 aromatic heterocycles. The summed E-state index contributed by atoms with van der Waals surface area (Å²) in [5, 5.41) is 9.70. The molecular formula is C16H23N3O. The van der Waals surface area contributed by atoms with Gasteiger partial charge in [0, 0.05) is 24.9 Å². The van der Waals surface area contributed by atoms with Crippen LogP contribution in [-0.4, -0.2) is 21.3 Å². The number of nitrogens with two attached hydrogens (primary N) is 1. The standard InChI is InChI=1S/C16H23N3O/c1-13(2)15-18-9-11-19(15)10-8-16(17,12-20)14-6-4-3-5-7-14/h3-7,9,11,13,20H,8,10,12,17H2,1-2H3. The Morgan fingerprint density at radius 2 is 2.00 bits per heavy atom. The molecule has 1 aromatic carbocycles. The first-order valence-corrected chi connectivity index (χ1v) is 7.03. The second-order valence-electron chi connectivity index (χ2n) is 5.56. The van der Waals surface area contributed by atoms with E-state index >= 15 is 0 Å². The van der Waals surface area contributed by atoms with Crippen LogP contribution in [0.3, 0.4) is 0 Å². The summed E-state index contributed by atoms with van der Waals surface area (Å²) < 4.78 is 2.12. The maximum Gasteiger partial charge on any atom is 0.111 e. The number of aliphatic hydroxyl groups is 1. The van der Waals surface area contributed by atoms with Gasteiger partial charge in [-0.3, -0.25) is 0 Å². The topological polar surface area (TPSA) is 64.1 Å². The van der Waals surface area contributed by atoms with Gasteiger partial charge < -0.3 is 15.4 Å². The van der Waals surface area contributed by atoms with Crippen molar-refractivity contribution in [2.75, 3.05) is 6.61 Å². The van der Waals surface area contributed by atoms with Crippen LogP contribution in [0.4, 0.5) is 0 Å². The SMILES string of the molecule is CC(C)c1nccn1CCC(N)(CO)c1ccccc1. The molecule has 2 aromatic rings. The Labute approximate surface area is 120 Å². The first kappa shape index (κ1) is 14.8. The van der Waals surface area contributed by atoms with Gasteiger partial charge >= 0.3 is 0 Å². The van der Waals surface area contributed by atoms with E-state index in [0.717, 1.165) is 17.9 Å². The fraction of sp³-hybridized carbons (Fsp3) is 0.438. The van der Waals surface area contributed by atoms with Crippen molar-refractivity contribution in [2.45, 2.75) is 38.3 Å². The van der Waals surface area contributed by atoms with Gasteiger partial charge in [0.2, 0.25) is 0 Å². The molecule has 0 saturated carbocycles. The van der Waals surface area contributed by atoms with Crippen molar-refractivity contribution in [3.63, 3.8) is 0 Å². The molecule has 2 rings (SSSR count). The van der Waals surface area contributed by atoms with Crippen molar-refractivity contribution in [3.05, 3.63) is 54.1 Å². The zero-order chi connectivity index (χ0) is 14.6. The smallest absolute Gasteiger partial charge is 0.111 e. The Morgan fingerprint density at radius 1 is 1.30 bits per heavy atom. The number of nitrogens with zero attached hydrogens (tertiary/aromatic N) is 2. The summed E-state index contributed by atoms with van der Waals surface area (Å²) in [5.74, 6) is 1.43. The highest BCUT2D eigenvalue weighted by atomic mass is 16.3. The molecule has 4 nitrogen and oxygen atoms in total. The van der Waals surface area contributed by atoms with Crippen LogP contribution < -0.4 is 5.73 Å². The van der Waals surface area contributed by atoms with Gasteiger partial charge in [0.25, 0.3) is 0 Å². The minimum Gasteiger partial charge on any atom is -0.394 e. The number of aromatic nitrogens is 2. The van der Waals surface area contributed by atoms with Crippen molar-refractivity contribution in [1.29, 1.82) is 0 Å². The van der Waals surface area contributed by atoms with Gasteiger partial charge in [-0.1, -0.05) is 44.2 Å². The summed E-state index contributed by atoms with van der Waals surface area (Å²) in [7, 11) is 0. The molecule has 0 aliphatic carbocycles.